The van der Waals surface area contributed by atoms with Crippen LogP contribution in [0.15, 0.2) is 23.3 Å². The monoisotopic (exact) mass is 582 g/mol. The maximum Gasteiger partial charge on any atom is 0.308 e. The van der Waals surface area contributed by atoms with Crippen molar-refractivity contribution in [1.82, 2.24) is 0 Å². The van der Waals surface area contributed by atoms with E-state index in [0.29, 0.717) is 12.3 Å². The highest BCUT2D eigenvalue weighted by molar-refractivity contribution is 6.74. The highest BCUT2D eigenvalue weighted by Gasteiger charge is 2.45. The molecule has 40 heavy (non-hydrogen) atoms. The van der Waals surface area contributed by atoms with Crippen LogP contribution in [0.3, 0.4) is 0 Å². The molecule has 0 aromatic heterocycles. The highest BCUT2D eigenvalue weighted by atomic mass is 28.4. The lowest BCUT2D eigenvalue weighted by molar-refractivity contribution is -0.149. The molecule has 0 aliphatic carbocycles. The molecule has 0 aliphatic heterocycles. The first-order chi connectivity index (χ1) is 18.0. The van der Waals surface area contributed by atoms with Gasteiger partial charge in [-0.25, -0.2) is 0 Å². The Kier molecular flexibility index (Phi) is 15.3. The third-order valence-corrected chi connectivity index (χ3v) is 13.2. The van der Waals surface area contributed by atoms with Crippen molar-refractivity contribution >= 4 is 20.1 Å². The van der Waals surface area contributed by atoms with Gasteiger partial charge in [-0.1, -0.05) is 80.0 Å². The molecular weight excluding hydrogens is 520 g/mol. The minimum absolute atomic E-state index is 0.0626. The van der Waals surface area contributed by atoms with Gasteiger partial charge in [0.25, 0.3) is 0 Å². The summed E-state index contributed by atoms with van der Waals surface area (Å²) in [6.07, 6.45) is 3.44. The number of carbonyl (C=O) groups is 2. The number of aliphatic hydroxyl groups is 1. The smallest absolute Gasteiger partial charge is 0.308 e. The molecule has 0 rings (SSSR count). The van der Waals surface area contributed by atoms with E-state index in [1.807, 2.05) is 27.7 Å². The molecule has 7 heteroatoms. The first-order valence-corrected chi connectivity index (χ1v) is 17.8. The molecule has 0 aromatic carbocycles. The Balaban J connectivity index is 6.10. The van der Waals surface area contributed by atoms with Gasteiger partial charge in [-0.2, -0.15) is 0 Å². The lowest BCUT2D eigenvalue weighted by Gasteiger charge is -2.42. The molecule has 1 N–H and O–H groups in total. The van der Waals surface area contributed by atoms with Crippen LogP contribution in [-0.4, -0.2) is 57.7 Å². The van der Waals surface area contributed by atoms with Gasteiger partial charge in [0.05, 0.1) is 37.3 Å². The number of hydrogen-bond acceptors (Lipinski definition) is 6. The molecule has 0 spiro atoms. The van der Waals surface area contributed by atoms with Gasteiger partial charge >= 0.3 is 5.97 Å². The second-order valence-corrected chi connectivity index (χ2v) is 19.1. The first kappa shape index (κ1) is 38.7. The van der Waals surface area contributed by atoms with E-state index >= 15 is 0 Å². The van der Waals surface area contributed by atoms with Gasteiger partial charge in [0.2, 0.25) is 0 Å². The fraction of sp³-hybridized carbons (Fsp3) is 0.818. The molecule has 0 bridgehead atoms. The zero-order chi connectivity index (χ0) is 31.8. The number of ketones is 1. The Morgan fingerprint density at radius 3 is 1.88 bits per heavy atom. The number of aliphatic hydroxyl groups excluding tert-OH is 1. The molecule has 0 saturated heterocycles. The van der Waals surface area contributed by atoms with E-state index in [1.54, 1.807) is 7.11 Å². The molecule has 234 valence electrons. The van der Waals surface area contributed by atoms with Crippen molar-refractivity contribution in [2.45, 2.75) is 132 Å². The molecule has 6 nitrogen and oxygen atoms in total. The topological polar surface area (TPSA) is 82.1 Å². The Morgan fingerprint density at radius 1 is 0.925 bits per heavy atom. The van der Waals surface area contributed by atoms with E-state index in [9.17, 15) is 14.7 Å². The molecule has 0 aromatic rings. The average molecular weight is 583 g/mol. The predicted octanol–water partition coefficient (Wildman–Crippen LogP) is 7.76. The number of methoxy groups -OCH3 is 2. The van der Waals surface area contributed by atoms with Gasteiger partial charge < -0.3 is 19.0 Å². The summed E-state index contributed by atoms with van der Waals surface area (Å²) in [4.78, 5) is 25.7. The minimum Gasteiger partial charge on any atom is -0.469 e. The van der Waals surface area contributed by atoms with Crippen molar-refractivity contribution in [3.8, 4) is 0 Å². The van der Waals surface area contributed by atoms with Crippen molar-refractivity contribution in [1.29, 1.82) is 0 Å². The molecule has 0 radical (unpaired) electrons. The van der Waals surface area contributed by atoms with Crippen LogP contribution in [0.5, 0.6) is 0 Å². The lowest BCUT2D eigenvalue weighted by Crippen LogP contribution is -2.49. The van der Waals surface area contributed by atoms with E-state index < -0.39 is 37.8 Å². The summed E-state index contributed by atoms with van der Waals surface area (Å²) >= 11 is 0. The van der Waals surface area contributed by atoms with Crippen molar-refractivity contribution in [3.63, 3.8) is 0 Å². The molecule has 0 amide bonds. The number of Topliss-reactive ketones (excluding diaryl/α,β-unsaturated/α-hetero) is 1. The lowest BCUT2D eigenvalue weighted by atomic mass is 9.70. The third-order valence-electron chi connectivity index (χ3n) is 8.78. The number of esters is 1. The Bertz CT molecular complexity index is 878. The Hall–Kier alpha value is -1.28. The maximum absolute atomic E-state index is 13.9. The van der Waals surface area contributed by atoms with Gasteiger partial charge in [-0.15, -0.1) is 0 Å². The van der Waals surface area contributed by atoms with Crippen LogP contribution >= 0.6 is 0 Å². The Morgan fingerprint density at radius 2 is 1.45 bits per heavy atom. The van der Waals surface area contributed by atoms with Gasteiger partial charge in [-0.3, -0.25) is 9.59 Å². The zero-order valence-corrected chi connectivity index (χ0v) is 29.6. The van der Waals surface area contributed by atoms with Crippen molar-refractivity contribution in [3.05, 3.63) is 23.3 Å². The van der Waals surface area contributed by atoms with E-state index in [2.05, 4.69) is 80.6 Å². The average Bonchev–Trinajstić information content (AvgIpc) is 2.80. The minimum atomic E-state index is -2.09. The van der Waals surface area contributed by atoms with Crippen LogP contribution in [0.4, 0.5) is 0 Å². The zero-order valence-electron chi connectivity index (χ0n) is 28.6. The maximum atomic E-state index is 13.9. The van der Waals surface area contributed by atoms with Crippen molar-refractivity contribution in [2.24, 2.45) is 29.1 Å². The second-order valence-electron chi connectivity index (χ2n) is 14.4. The van der Waals surface area contributed by atoms with Crippen LogP contribution < -0.4 is 0 Å². The fourth-order valence-electron chi connectivity index (χ4n) is 5.61. The van der Waals surface area contributed by atoms with Gasteiger partial charge in [0.1, 0.15) is 5.78 Å². The predicted molar refractivity (Wildman–Crippen MR) is 169 cm³/mol. The Labute approximate surface area is 247 Å². The van der Waals surface area contributed by atoms with E-state index in [0.717, 1.165) is 0 Å². The number of hydrogen-bond donors (Lipinski definition) is 1. The van der Waals surface area contributed by atoms with Gasteiger partial charge in [-0.05, 0) is 62.7 Å². The SMILES string of the molecule is COC(=O)C[C@H](O)[C@@H](C)[C@H](OC)C(C)(C)C(=O)[C@@H](C)C[C@H](C)[C@H](O[Si](C)(C)C(C)(C)C)/C(C)=C/[C@@H](C)C=C(C)C. The van der Waals surface area contributed by atoms with Crippen LogP contribution in [0.1, 0.15) is 95.9 Å². The summed E-state index contributed by atoms with van der Waals surface area (Å²) in [6.45, 7) is 29.6. The summed E-state index contributed by atoms with van der Waals surface area (Å²) in [5.74, 6) is -0.696. The van der Waals surface area contributed by atoms with Gasteiger partial charge in [0, 0.05) is 18.9 Å². The summed E-state index contributed by atoms with van der Waals surface area (Å²) in [5.41, 5.74) is 1.62. The van der Waals surface area contributed by atoms with E-state index in [1.165, 1.54) is 18.3 Å². The molecule has 0 heterocycles. The molecule has 7 atom stereocenters. The van der Waals surface area contributed by atoms with Crippen LogP contribution in [0.2, 0.25) is 18.1 Å². The van der Waals surface area contributed by atoms with Crippen molar-refractivity contribution < 1.29 is 28.6 Å². The van der Waals surface area contributed by atoms with E-state index in [-0.39, 0.29) is 35.2 Å². The number of ether oxygens (including phenoxy) is 2. The third kappa shape index (κ3) is 11.2. The summed E-state index contributed by atoms with van der Waals surface area (Å²) in [6, 6.07) is 0. The summed E-state index contributed by atoms with van der Waals surface area (Å²) < 4.78 is 17.5. The molecule has 0 unspecified atom stereocenters. The highest BCUT2D eigenvalue weighted by Crippen LogP contribution is 2.41. The normalized spacial score (nSPS) is 18.7. The van der Waals surface area contributed by atoms with E-state index in [4.69, 9.17) is 13.9 Å². The molecule has 0 saturated carbocycles. The first-order valence-electron chi connectivity index (χ1n) is 14.9. The number of allylic oxidation sites excluding steroid dienone is 3. The van der Waals surface area contributed by atoms with Crippen LogP contribution in [0.25, 0.3) is 0 Å². The summed E-state index contributed by atoms with van der Waals surface area (Å²) in [5, 5.41) is 10.7. The fourth-order valence-corrected chi connectivity index (χ4v) is 7.01. The van der Waals surface area contributed by atoms with Crippen LogP contribution in [-0.2, 0) is 23.5 Å². The largest absolute Gasteiger partial charge is 0.469 e. The molecule has 0 aliphatic rings. The quantitative estimate of drug-likeness (QED) is 0.114. The second kappa shape index (κ2) is 15.8. The molecular formula is C33H62O6Si. The summed E-state index contributed by atoms with van der Waals surface area (Å²) in [7, 11) is 0.765. The van der Waals surface area contributed by atoms with Crippen molar-refractivity contribution in [2.75, 3.05) is 14.2 Å². The number of rotatable bonds is 16. The standard InChI is InChI=1S/C33H62O6Si/c1-21(2)17-22(3)18-23(4)29(39-40(15,16)32(8,9)10)24(5)19-25(6)30(36)33(11,12)31(38-14)26(7)27(34)20-28(35)37-13/h17-18,22,24-27,29,31,34H,19-20H2,1-16H3/b23-18+/t22-,24-,25-,26+,27-,29+,31-/m0/s1. The van der Waals surface area contributed by atoms with Crippen LogP contribution in [0, 0.1) is 29.1 Å². The van der Waals surface area contributed by atoms with Gasteiger partial charge in [0.15, 0.2) is 8.32 Å². The molecule has 0 fully saturated rings. The number of carbonyl (C=O) groups excluding carboxylic acids is 2.